The summed E-state index contributed by atoms with van der Waals surface area (Å²) < 4.78 is 4.90. The van der Waals surface area contributed by atoms with E-state index >= 15 is 0 Å². The lowest BCUT2D eigenvalue weighted by Gasteiger charge is -2.26. The molecule has 0 rings (SSSR count). The molecular formula is C10H20N2O5. The molecule has 0 heterocycles. The van der Waals surface area contributed by atoms with E-state index in [4.69, 9.17) is 14.9 Å². The molecule has 100 valence electrons. The van der Waals surface area contributed by atoms with Crippen molar-refractivity contribution in [1.82, 2.24) is 10.2 Å². The third kappa shape index (κ3) is 5.50. The fourth-order valence-electron chi connectivity index (χ4n) is 1.19. The van der Waals surface area contributed by atoms with Crippen molar-refractivity contribution < 1.29 is 24.5 Å². The minimum absolute atomic E-state index is 0.0203. The van der Waals surface area contributed by atoms with E-state index in [1.54, 1.807) is 14.0 Å². The van der Waals surface area contributed by atoms with Crippen molar-refractivity contribution in [1.29, 1.82) is 0 Å². The van der Waals surface area contributed by atoms with Crippen LogP contribution >= 0.6 is 0 Å². The van der Waals surface area contributed by atoms with Gasteiger partial charge in [0, 0.05) is 27.2 Å². The van der Waals surface area contributed by atoms with E-state index in [1.807, 2.05) is 0 Å². The number of likely N-dealkylation sites (N-methyl/N-ethyl adjacent to an activating group) is 1. The average Bonchev–Trinajstić information content (AvgIpc) is 2.27. The van der Waals surface area contributed by atoms with E-state index in [-0.39, 0.29) is 19.1 Å². The Hall–Kier alpha value is -1.34. The summed E-state index contributed by atoms with van der Waals surface area (Å²) >= 11 is 0. The highest BCUT2D eigenvalue weighted by Crippen LogP contribution is 1.99. The molecule has 0 aromatic carbocycles. The molecule has 0 aromatic heterocycles. The number of nitrogens with one attached hydrogen (secondary N) is 1. The van der Waals surface area contributed by atoms with Crippen LogP contribution in [0.2, 0.25) is 0 Å². The Kier molecular flexibility index (Phi) is 7.24. The van der Waals surface area contributed by atoms with Crippen LogP contribution in [0.15, 0.2) is 0 Å². The van der Waals surface area contributed by atoms with Gasteiger partial charge in [-0.1, -0.05) is 0 Å². The molecule has 0 aliphatic carbocycles. The highest BCUT2D eigenvalue weighted by atomic mass is 16.5. The van der Waals surface area contributed by atoms with Gasteiger partial charge < -0.3 is 25.2 Å². The molecule has 2 amide bonds. The monoisotopic (exact) mass is 248 g/mol. The first-order chi connectivity index (χ1) is 7.93. The van der Waals surface area contributed by atoms with Gasteiger partial charge in [0.25, 0.3) is 0 Å². The molecule has 0 saturated heterocycles. The quantitative estimate of drug-likeness (QED) is 0.564. The van der Waals surface area contributed by atoms with Crippen molar-refractivity contribution in [3.8, 4) is 0 Å². The van der Waals surface area contributed by atoms with Crippen LogP contribution in [0.25, 0.3) is 0 Å². The molecule has 2 unspecified atom stereocenters. The highest BCUT2D eigenvalue weighted by Gasteiger charge is 2.23. The van der Waals surface area contributed by atoms with E-state index in [9.17, 15) is 9.59 Å². The van der Waals surface area contributed by atoms with Crippen LogP contribution in [0.3, 0.4) is 0 Å². The summed E-state index contributed by atoms with van der Waals surface area (Å²) in [6, 6.07) is -1.75. The number of nitrogens with zero attached hydrogens (tertiary/aromatic N) is 1. The Bertz CT molecular complexity index is 259. The zero-order valence-electron chi connectivity index (χ0n) is 10.3. The minimum Gasteiger partial charge on any atom is -0.480 e. The highest BCUT2D eigenvalue weighted by molar-refractivity contribution is 5.82. The van der Waals surface area contributed by atoms with E-state index in [1.165, 1.54) is 12.0 Å². The number of carbonyl (C=O) groups excluding carboxylic acids is 1. The molecule has 0 aliphatic heterocycles. The molecule has 0 aromatic rings. The van der Waals surface area contributed by atoms with Crippen LogP contribution in [-0.4, -0.2) is 66.6 Å². The lowest BCUT2D eigenvalue weighted by atomic mass is 10.2. The summed E-state index contributed by atoms with van der Waals surface area (Å²) in [5.74, 6) is -1.17. The van der Waals surface area contributed by atoms with E-state index in [2.05, 4.69) is 5.32 Å². The van der Waals surface area contributed by atoms with Gasteiger partial charge in [0.15, 0.2) is 0 Å². The summed E-state index contributed by atoms with van der Waals surface area (Å²) in [5, 5.41) is 19.8. The number of amides is 2. The van der Waals surface area contributed by atoms with Gasteiger partial charge in [0.1, 0.15) is 6.04 Å². The van der Waals surface area contributed by atoms with E-state index in [0.717, 1.165) is 0 Å². The van der Waals surface area contributed by atoms with Crippen molar-refractivity contribution in [3.63, 3.8) is 0 Å². The second-order valence-corrected chi connectivity index (χ2v) is 3.77. The maximum absolute atomic E-state index is 11.7. The number of urea groups is 1. The molecule has 0 saturated carbocycles. The topological polar surface area (TPSA) is 99.1 Å². The van der Waals surface area contributed by atoms with Crippen molar-refractivity contribution in [2.45, 2.75) is 25.4 Å². The average molecular weight is 248 g/mol. The molecule has 0 bridgehead atoms. The van der Waals surface area contributed by atoms with Crippen LogP contribution in [0.5, 0.6) is 0 Å². The third-order valence-corrected chi connectivity index (χ3v) is 2.40. The third-order valence-electron chi connectivity index (χ3n) is 2.40. The second kappa shape index (κ2) is 7.86. The Balaban J connectivity index is 4.34. The number of aliphatic hydroxyl groups excluding tert-OH is 1. The number of carboxylic acid groups (broad SMARTS) is 1. The Morgan fingerprint density at radius 2 is 2.06 bits per heavy atom. The summed E-state index contributed by atoms with van der Waals surface area (Å²) in [6.45, 7) is 1.85. The van der Waals surface area contributed by atoms with Crippen molar-refractivity contribution in [2.24, 2.45) is 0 Å². The van der Waals surface area contributed by atoms with Gasteiger partial charge in [-0.15, -0.1) is 0 Å². The first-order valence-electron chi connectivity index (χ1n) is 5.30. The van der Waals surface area contributed by atoms with Gasteiger partial charge in [0.2, 0.25) is 0 Å². The fourth-order valence-corrected chi connectivity index (χ4v) is 1.19. The SMILES string of the molecule is COCC(C)N(C)C(=O)NC(CCO)C(=O)O. The van der Waals surface area contributed by atoms with Gasteiger partial charge in [-0.3, -0.25) is 0 Å². The minimum atomic E-state index is -1.17. The van der Waals surface area contributed by atoms with E-state index < -0.39 is 18.0 Å². The number of ether oxygens (including phenoxy) is 1. The van der Waals surface area contributed by atoms with Gasteiger partial charge in [-0.05, 0) is 6.92 Å². The number of methoxy groups -OCH3 is 1. The molecule has 7 nitrogen and oxygen atoms in total. The van der Waals surface area contributed by atoms with Crippen LogP contribution in [0.4, 0.5) is 4.79 Å². The number of rotatable bonds is 7. The Labute approximate surface area is 100 Å². The molecule has 7 heteroatoms. The van der Waals surface area contributed by atoms with Crippen LogP contribution in [0, 0.1) is 0 Å². The molecule has 17 heavy (non-hydrogen) atoms. The standard InChI is InChI=1S/C10H20N2O5/c1-7(6-17-3)12(2)10(16)11-8(4-5-13)9(14)15/h7-8,13H,4-6H2,1-3H3,(H,11,16)(H,14,15). The van der Waals surface area contributed by atoms with E-state index in [0.29, 0.717) is 6.61 Å². The van der Waals surface area contributed by atoms with Crippen LogP contribution < -0.4 is 5.32 Å². The largest absolute Gasteiger partial charge is 0.480 e. The second-order valence-electron chi connectivity index (χ2n) is 3.77. The molecule has 0 radical (unpaired) electrons. The lowest BCUT2D eigenvalue weighted by molar-refractivity contribution is -0.139. The molecule has 3 N–H and O–H groups in total. The molecular weight excluding hydrogens is 228 g/mol. The maximum atomic E-state index is 11.7. The smallest absolute Gasteiger partial charge is 0.326 e. The number of aliphatic hydroxyl groups is 1. The number of carboxylic acids is 1. The molecule has 0 spiro atoms. The van der Waals surface area contributed by atoms with Gasteiger partial charge in [-0.25, -0.2) is 9.59 Å². The van der Waals surface area contributed by atoms with Crippen molar-refractivity contribution in [2.75, 3.05) is 27.4 Å². The number of aliphatic carboxylic acids is 1. The zero-order chi connectivity index (χ0) is 13.4. The molecule has 0 fully saturated rings. The molecule has 0 aliphatic rings. The van der Waals surface area contributed by atoms with Crippen LogP contribution in [0.1, 0.15) is 13.3 Å². The maximum Gasteiger partial charge on any atom is 0.326 e. The summed E-state index contributed by atoms with van der Waals surface area (Å²) in [7, 11) is 3.07. The van der Waals surface area contributed by atoms with Crippen molar-refractivity contribution in [3.05, 3.63) is 0 Å². The van der Waals surface area contributed by atoms with Gasteiger partial charge >= 0.3 is 12.0 Å². The normalized spacial score (nSPS) is 13.9. The predicted octanol–water partition coefficient (Wildman–Crippen LogP) is -0.502. The number of hydrogen-bond acceptors (Lipinski definition) is 4. The number of carbonyl (C=O) groups is 2. The first-order valence-corrected chi connectivity index (χ1v) is 5.30. The van der Waals surface area contributed by atoms with Crippen LogP contribution in [-0.2, 0) is 9.53 Å². The zero-order valence-corrected chi connectivity index (χ0v) is 10.3. The summed E-state index contributed by atoms with van der Waals surface area (Å²) in [4.78, 5) is 23.8. The lowest BCUT2D eigenvalue weighted by Crippen LogP contribution is -2.50. The molecule has 2 atom stereocenters. The Morgan fingerprint density at radius 3 is 2.47 bits per heavy atom. The fraction of sp³-hybridized carbons (Fsp3) is 0.800. The summed E-state index contributed by atoms with van der Waals surface area (Å²) in [5.41, 5.74) is 0. The Morgan fingerprint density at radius 1 is 1.47 bits per heavy atom. The van der Waals surface area contributed by atoms with Gasteiger partial charge in [0.05, 0.1) is 12.6 Å². The van der Waals surface area contributed by atoms with Gasteiger partial charge in [-0.2, -0.15) is 0 Å². The first kappa shape index (κ1) is 15.7. The van der Waals surface area contributed by atoms with Crippen molar-refractivity contribution >= 4 is 12.0 Å². The summed E-state index contributed by atoms with van der Waals surface area (Å²) in [6.07, 6.45) is -0.0203. The predicted molar refractivity (Wildman–Crippen MR) is 60.8 cm³/mol. The number of hydrogen-bond donors (Lipinski definition) is 3.